The lowest BCUT2D eigenvalue weighted by atomic mass is 10.0. The Morgan fingerprint density at radius 2 is 1.88 bits per heavy atom. The largest absolute Gasteiger partial charge is 0.330 e. The van der Waals surface area contributed by atoms with Crippen molar-refractivity contribution in [2.75, 3.05) is 6.54 Å². The van der Waals surface area contributed by atoms with Gasteiger partial charge < -0.3 is 0 Å². The van der Waals surface area contributed by atoms with E-state index in [1.54, 1.807) is 6.92 Å². The molecule has 0 aliphatic carbocycles. The van der Waals surface area contributed by atoms with Crippen LogP contribution in [-0.4, -0.2) is 29.3 Å². The molecule has 5 heteroatoms. The Morgan fingerprint density at radius 1 is 1.19 bits per heavy atom. The molecule has 1 atom stereocenters. The zero-order valence-electron chi connectivity index (χ0n) is 9.78. The van der Waals surface area contributed by atoms with E-state index in [1.165, 1.54) is 0 Å². The third kappa shape index (κ3) is 2.59. The van der Waals surface area contributed by atoms with Gasteiger partial charge in [-0.15, -0.1) is 0 Å². The minimum absolute atomic E-state index is 0.354. The summed E-state index contributed by atoms with van der Waals surface area (Å²) < 4.78 is 0. The number of hydrogen-bond acceptors (Lipinski definition) is 3. The number of hydrogen-bond donors (Lipinski definition) is 1. The highest BCUT2D eigenvalue weighted by atomic mass is 16.2. The minimum atomic E-state index is -0.695. The molecule has 0 aromatic heterocycles. The predicted octanol–water partition coefficient (Wildman–Crippen LogP) is 1.28. The van der Waals surface area contributed by atoms with Crippen molar-refractivity contribution in [3.05, 3.63) is 0 Å². The zero-order chi connectivity index (χ0) is 12.1. The topological polar surface area (TPSA) is 66.5 Å². The van der Waals surface area contributed by atoms with Crippen LogP contribution in [0.1, 0.15) is 39.5 Å². The first-order valence-corrected chi connectivity index (χ1v) is 5.78. The molecule has 1 aliphatic rings. The Hall–Kier alpha value is -1.39. The van der Waals surface area contributed by atoms with Crippen LogP contribution in [0.25, 0.3) is 0 Å². The van der Waals surface area contributed by atoms with E-state index in [1.807, 2.05) is 0 Å². The first kappa shape index (κ1) is 12.7. The van der Waals surface area contributed by atoms with E-state index in [9.17, 15) is 14.4 Å². The van der Waals surface area contributed by atoms with Crippen molar-refractivity contribution in [2.24, 2.45) is 5.92 Å². The molecule has 1 fully saturated rings. The summed E-state index contributed by atoms with van der Waals surface area (Å²) in [6, 6.07) is -0.573. The molecular weight excluding hydrogens is 208 g/mol. The third-order valence-electron chi connectivity index (χ3n) is 2.75. The second kappa shape index (κ2) is 5.63. The smallest absolute Gasteiger partial charge is 0.277 e. The highest BCUT2D eigenvalue weighted by molar-refractivity contribution is 6.16. The summed E-state index contributed by atoms with van der Waals surface area (Å²) in [4.78, 5) is 35.8. The Bertz CT molecular complexity index is 302. The van der Waals surface area contributed by atoms with Gasteiger partial charge in [-0.2, -0.15) is 0 Å². The Labute approximate surface area is 95.2 Å². The van der Waals surface area contributed by atoms with E-state index in [0.29, 0.717) is 13.0 Å². The number of carbonyl (C=O) groups is 3. The molecule has 0 aromatic carbocycles. The van der Waals surface area contributed by atoms with Crippen LogP contribution in [0.5, 0.6) is 0 Å². The van der Waals surface area contributed by atoms with Gasteiger partial charge in [0.2, 0.25) is 11.8 Å². The molecule has 1 aliphatic heterocycles. The van der Waals surface area contributed by atoms with Crippen molar-refractivity contribution >= 4 is 17.8 Å². The lowest BCUT2D eigenvalue weighted by Gasteiger charge is -2.29. The minimum Gasteiger partial charge on any atom is -0.277 e. The molecule has 0 bridgehead atoms. The van der Waals surface area contributed by atoms with Gasteiger partial charge >= 0.3 is 6.03 Å². The Kier molecular flexibility index (Phi) is 4.46. The van der Waals surface area contributed by atoms with Gasteiger partial charge in [-0.3, -0.25) is 19.8 Å². The van der Waals surface area contributed by atoms with Gasteiger partial charge in [0.05, 0.1) is 0 Å². The summed E-state index contributed by atoms with van der Waals surface area (Å²) in [6.45, 7) is 4.22. The summed E-state index contributed by atoms with van der Waals surface area (Å²) in [5, 5.41) is 2.21. The van der Waals surface area contributed by atoms with E-state index in [-0.39, 0.29) is 5.91 Å². The van der Waals surface area contributed by atoms with Crippen molar-refractivity contribution in [1.82, 2.24) is 10.2 Å². The average molecular weight is 226 g/mol. The molecule has 1 N–H and O–H groups in total. The Balaban J connectivity index is 2.64. The number of nitrogens with one attached hydrogen (secondary N) is 1. The highest BCUT2D eigenvalue weighted by Crippen LogP contribution is 2.14. The Morgan fingerprint density at radius 3 is 2.44 bits per heavy atom. The van der Waals surface area contributed by atoms with Crippen LogP contribution in [-0.2, 0) is 9.59 Å². The first-order chi connectivity index (χ1) is 7.61. The number of amides is 4. The van der Waals surface area contributed by atoms with Crippen LogP contribution in [0, 0.1) is 5.92 Å². The SMILES string of the molecule is CCCCCN1C(=O)NC(=O)C(CC)C1=O. The molecule has 1 rings (SSSR count). The van der Waals surface area contributed by atoms with E-state index in [0.717, 1.165) is 24.2 Å². The second-order valence-corrected chi connectivity index (χ2v) is 3.95. The summed E-state index contributed by atoms with van der Waals surface area (Å²) >= 11 is 0. The van der Waals surface area contributed by atoms with E-state index in [4.69, 9.17) is 0 Å². The number of urea groups is 1. The molecule has 0 spiro atoms. The van der Waals surface area contributed by atoms with E-state index < -0.39 is 17.9 Å². The molecule has 0 radical (unpaired) electrons. The van der Waals surface area contributed by atoms with Crippen LogP contribution in [0.15, 0.2) is 0 Å². The van der Waals surface area contributed by atoms with Crippen molar-refractivity contribution < 1.29 is 14.4 Å². The highest BCUT2D eigenvalue weighted by Gasteiger charge is 2.38. The molecular formula is C11H18N2O3. The normalized spacial score (nSPS) is 21.2. The zero-order valence-corrected chi connectivity index (χ0v) is 9.78. The molecule has 1 saturated heterocycles. The van der Waals surface area contributed by atoms with Crippen LogP contribution < -0.4 is 5.32 Å². The molecule has 16 heavy (non-hydrogen) atoms. The summed E-state index contributed by atoms with van der Waals surface area (Å²) in [7, 11) is 0. The fourth-order valence-electron chi connectivity index (χ4n) is 1.75. The van der Waals surface area contributed by atoms with Gasteiger partial charge in [0.15, 0.2) is 0 Å². The van der Waals surface area contributed by atoms with Crippen molar-refractivity contribution in [3.63, 3.8) is 0 Å². The fraction of sp³-hybridized carbons (Fsp3) is 0.727. The lowest BCUT2D eigenvalue weighted by Crippen LogP contribution is -2.57. The van der Waals surface area contributed by atoms with Crippen molar-refractivity contribution in [2.45, 2.75) is 39.5 Å². The number of barbiturate groups is 1. The molecule has 90 valence electrons. The molecule has 0 saturated carbocycles. The van der Waals surface area contributed by atoms with Gasteiger partial charge in [-0.25, -0.2) is 4.79 Å². The van der Waals surface area contributed by atoms with Crippen LogP contribution >= 0.6 is 0 Å². The maximum atomic E-state index is 11.8. The number of carbonyl (C=O) groups excluding carboxylic acids is 3. The summed E-state index contributed by atoms with van der Waals surface area (Å²) in [5.41, 5.74) is 0. The van der Waals surface area contributed by atoms with Gasteiger partial charge in [0, 0.05) is 6.54 Å². The predicted molar refractivity (Wildman–Crippen MR) is 58.6 cm³/mol. The van der Waals surface area contributed by atoms with Gasteiger partial charge in [-0.1, -0.05) is 26.7 Å². The summed E-state index contributed by atoms with van der Waals surface area (Å²) in [5.74, 6) is -1.52. The van der Waals surface area contributed by atoms with Gasteiger partial charge in [0.1, 0.15) is 5.92 Å². The summed E-state index contributed by atoms with van der Waals surface area (Å²) in [6.07, 6.45) is 3.23. The van der Waals surface area contributed by atoms with Gasteiger partial charge in [0.25, 0.3) is 0 Å². The monoisotopic (exact) mass is 226 g/mol. The molecule has 1 unspecified atom stereocenters. The number of imide groups is 2. The maximum absolute atomic E-state index is 11.8. The van der Waals surface area contributed by atoms with Crippen molar-refractivity contribution in [1.29, 1.82) is 0 Å². The van der Waals surface area contributed by atoms with Crippen LogP contribution in [0.2, 0.25) is 0 Å². The second-order valence-electron chi connectivity index (χ2n) is 3.95. The quantitative estimate of drug-likeness (QED) is 0.567. The third-order valence-corrected chi connectivity index (χ3v) is 2.75. The molecule has 1 heterocycles. The van der Waals surface area contributed by atoms with Gasteiger partial charge in [-0.05, 0) is 12.8 Å². The molecule has 4 amide bonds. The van der Waals surface area contributed by atoms with Crippen molar-refractivity contribution in [3.8, 4) is 0 Å². The first-order valence-electron chi connectivity index (χ1n) is 5.78. The number of nitrogens with zero attached hydrogens (tertiary/aromatic N) is 1. The fourth-order valence-corrected chi connectivity index (χ4v) is 1.75. The van der Waals surface area contributed by atoms with Crippen LogP contribution in [0.4, 0.5) is 4.79 Å². The standard InChI is InChI=1S/C11H18N2O3/c1-3-5-6-7-13-10(15)8(4-2)9(14)12-11(13)16/h8H,3-7H2,1-2H3,(H,12,14,16). The van der Waals surface area contributed by atoms with Crippen LogP contribution in [0.3, 0.4) is 0 Å². The molecule has 5 nitrogen and oxygen atoms in total. The number of unbranched alkanes of at least 4 members (excludes halogenated alkanes) is 2. The molecule has 0 aromatic rings. The van der Waals surface area contributed by atoms with E-state index >= 15 is 0 Å². The number of rotatable bonds is 5. The average Bonchev–Trinajstić information content (AvgIpc) is 2.23. The lowest BCUT2D eigenvalue weighted by molar-refractivity contribution is -0.142. The maximum Gasteiger partial charge on any atom is 0.330 e. The van der Waals surface area contributed by atoms with E-state index in [2.05, 4.69) is 12.2 Å².